The van der Waals surface area contributed by atoms with Crippen LogP contribution in [0.1, 0.15) is 26.2 Å². The summed E-state index contributed by atoms with van der Waals surface area (Å²) >= 11 is 0. The number of aliphatic hydroxyl groups excluding tert-OH is 1. The number of rotatable bonds is 3. The van der Waals surface area contributed by atoms with Gasteiger partial charge in [0.25, 0.3) is 0 Å². The first-order valence-corrected chi connectivity index (χ1v) is 4.26. The largest absolute Gasteiger partial charge is 0.396 e. The zero-order valence-electron chi connectivity index (χ0n) is 7.19. The van der Waals surface area contributed by atoms with Gasteiger partial charge in [0.1, 0.15) is 5.60 Å². The number of hydrogen-bond donors (Lipinski definition) is 4. The third kappa shape index (κ3) is 1.15. The average molecular weight is 176 g/mol. The van der Waals surface area contributed by atoms with Crippen LogP contribution in [0.5, 0.6) is 0 Å². The van der Waals surface area contributed by atoms with Gasteiger partial charge in [-0.3, -0.25) is 0 Å². The minimum Gasteiger partial charge on any atom is -0.396 e. The minimum atomic E-state index is -2.06. The Labute approximate surface area is 71.5 Å². The number of hydrogen-bond acceptors (Lipinski definition) is 4. The fourth-order valence-electron chi connectivity index (χ4n) is 1.70. The van der Waals surface area contributed by atoms with Crippen LogP contribution in [0.4, 0.5) is 0 Å². The lowest BCUT2D eigenvalue weighted by molar-refractivity contribution is -0.324. The van der Waals surface area contributed by atoms with Crippen molar-refractivity contribution in [1.82, 2.24) is 0 Å². The van der Waals surface area contributed by atoms with Gasteiger partial charge in [-0.2, -0.15) is 0 Å². The highest BCUT2D eigenvalue weighted by molar-refractivity contribution is 5.04. The molecule has 4 heteroatoms. The summed E-state index contributed by atoms with van der Waals surface area (Å²) < 4.78 is 0. The first-order chi connectivity index (χ1) is 5.48. The van der Waals surface area contributed by atoms with Crippen molar-refractivity contribution < 1.29 is 20.4 Å². The fraction of sp³-hybridized carbons (Fsp3) is 1.00. The lowest BCUT2D eigenvalue weighted by atomic mass is 9.64. The molecule has 0 radical (unpaired) electrons. The third-order valence-corrected chi connectivity index (χ3v) is 2.96. The fourth-order valence-corrected chi connectivity index (χ4v) is 1.70. The van der Waals surface area contributed by atoms with E-state index < -0.39 is 17.3 Å². The molecule has 1 aliphatic rings. The monoisotopic (exact) mass is 176 g/mol. The minimum absolute atomic E-state index is 0.0694. The summed E-state index contributed by atoms with van der Waals surface area (Å²) in [7, 11) is 0. The van der Waals surface area contributed by atoms with Crippen LogP contribution in [-0.4, -0.2) is 38.4 Å². The highest BCUT2D eigenvalue weighted by Gasteiger charge is 2.57. The molecule has 1 aliphatic carbocycles. The lowest BCUT2D eigenvalue weighted by Crippen LogP contribution is -2.64. The molecule has 0 heterocycles. The first kappa shape index (κ1) is 9.92. The van der Waals surface area contributed by atoms with E-state index in [1.54, 1.807) is 6.92 Å². The zero-order chi connectivity index (χ0) is 9.41. The smallest absolute Gasteiger partial charge is 0.192 e. The maximum atomic E-state index is 9.74. The highest BCUT2D eigenvalue weighted by atomic mass is 16.5. The molecule has 12 heavy (non-hydrogen) atoms. The van der Waals surface area contributed by atoms with E-state index in [4.69, 9.17) is 5.11 Å². The van der Waals surface area contributed by atoms with Gasteiger partial charge >= 0.3 is 0 Å². The van der Waals surface area contributed by atoms with Crippen LogP contribution in [0.2, 0.25) is 0 Å². The predicted molar refractivity (Wildman–Crippen MR) is 42.2 cm³/mol. The Morgan fingerprint density at radius 2 is 2.08 bits per heavy atom. The van der Waals surface area contributed by atoms with Gasteiger partial charge in [-0.25, -0.2) is 0 Å². The molecule has 0 aromatic rings. The van der Waals surface area contributed by atoms with E-state index in [2.05, 4.69) is 0 Å². The molecule has 0 spiro atoms. The van der Waals surface area contributed by atoms with E-state index in [0.29, 0.717) is 12.8 Å². The lowest BCUT2D eigenvalue weighted by Gasteiger charge is -2.51. The summed E-state index contributed by atoms with van der Waals surface area (Å²) in [5.41, 5.74) is -1.50. The summed E-state index contributed by atoms with van der Waals surface area (Å²) in [6.45, 7) is 1.39. The van der Waals surface area contributed by atoms with Crippen molar-refractivity contribution in [3.05, 3.63) is 0 Å². The van der Waals surface area contributed by atoms with Crippen LogP contribution in [0.15, 0.2) is 0 Å². The zero-order valence-corrected chi connectivity index (χ0v) is 7.19. The first-order valence-electron chi connectivity index (χ1n) is 4.26. The van der Waals surface area contributed by atoms with E-state index in [0.717, 1.165) is 0 Å². The van der Waals surface area contributed by atoms with Crippen LogP contribution >= 0.6 is 0 Å². The summed E-state index contributed by atoms with van der Waals surface area (Å²) in [4.78, 5) is 0. The molecular formula is C8H16O4. The SMILES string of the molecule is CCC(O)(O)C1(O)CCC1CO. The number of aliphatic hydroxyl groups is 4. The quantitative estimate of drug-likeness (QED) is 0.425. The van der Waals surface area contributed by atoms with Crippen LogP contribution in [0.25, 0.3) is 0 Å². The Balaban J connectivity index is 2.71. The van der Waals surface area contributed by atoms with Gasteiger partial charge in [0.15, 0.2) is 5.79 Å². The van der Waals surface area contributed by atoms with Gasteiger partial charge in [-0.1, -0.05) is 6.92 Å². The molecule has 4 nitrogen and oxygen atoms in total. The molecule has 2 unspecified atom stereocenters. The molecule has 72 valence electrons. The summed E-state index contributed by atoms with van der Waals surface area (Å²) in [6.07, 6.45) is 1.06. The predicted octanol–water partition coefficient (Wildman–Crippen LogP) is -0.789. The van der Waals surface area contributed by atoms with Crippen molar-refractivity contribution >= 4 is 0 Å². The normalized spacial score (nSPS) is 36.2. The third-order valence-electron chi connectivity index (χ3n) is 2.96. The average Bonchev–Trinajstić information content (AvgIpc) is 2.02. The van der Waals surface area contributed by atoms with Gasteiger partial charge in [-0.15, -0.1) is 0 Å². The van der Waals surface area contributed by atoms with E-state index in [1.807, 2.05) is 0 Å². The summed E-state index contributed by atoms with van der Waals surface area (Å²) in [5.74, 6) is -2.45. The van der Waals surface area contributed by atoms with Crippen molar-refractivity contribution in [2.45, 2.75) is 37.6 Å². The molecule has 0 bridgehead atoms. The Hall–Kier alpha value is -0.160. The second kappa shape index (κ2) is 2.96. The molecular weight excluding hydrogens is 160 g/mol. The Bertz CT molecular complexity index is 166. The van der Waals surface area contributed by atoms with Crippen molar-refractivity contribution in [1.29, 1.82) is 0 Å². The Kier molecular flexibility index (Phi) is 2.45. The van der Waals surface area contributed by atoms with Crippen molar-refractivity contribution in [2.75, 3.05) is 6.61 Å². The maximum Gasteiger partial charge on any atom is 0.192 e. The maximum absolute atomic E-state index is 9.74. The molecule has 0 saturated heterocycles. The Morgan fingerprint density at radius 3 is 2.33 bits per heavy atom. The Morgan fingerprint density at radius 1 is 1.50 bits per heavy atom. The van der Waals surface area contributed by atoms with E-state index >= 15 is 0 Å². The van der Waals surface area contributed by atoms with Gasteiger partial charge in [0, 0.05) is 18.9 Å². The van der Waals surface area contributed by atoms with Crippen molar-refractivity contribution in [2.24, 2.45) is 5.92 Å². The van der Waals surface area contributed by atoms with E-state index in [9.17, 15) is 15.3 Å². The molecule has 0 aliphatic heterocycles. The van der Waals surface area contributed by atoms with E-state index in [1.165, 1.54) is 0 Å². The van der Waals surface area contributed by atoms with Gasteiger partial charge < -0.3 is 20.4 Å². The molecule has 1 fully saturated rings. The van der Waals surface area contributed by atoms with Crippen LogP contribution in [0.3, 0.4) is 0 Å². The summed E-state index contributed by atoms with van der Waals surface area (Å²) in [6, 6.07) is 0. The molecule has 1 rings (SSSR count). The van der Waals surface area contributed by atoms with Crippen LogP contribution in [-0.2, 0) is 0 Å². The molecule has 0 aromatic carbocycles. The van der Waals surface area contributed by atoms with Crippen molar-refractivity contribution in [3.8, 4) is 0 Å². The van der Waals surface area contributed by atoms with E-state index in [-0.39, 0.29) is 13.0 Å². The highest BCUT2D eigenvalue weighted by Crippen LogP contribution is 2.45. The molecule has 0 aromatic heterocycles. The second-order valence-electron chi connectivity index (χ2n) is 3.51. The molecule has 4 N–H and O–H groups in total. The van der Waals surface area contributed by atoms with Gasteiger partial charge in [0.05, 0.1) is 0 Å². The molecule has 2 atom stereocenters. The topological polar surface area (TPSA) is 80.9 Å². The molecule has 1 saturated carbocycles. The van der Waals surface area contributed by atoms with Crippen LogP contribution in [0, 0.1) is 5.92 Å². The van der Waals surface area contributed by atoms with Crippen molar-refractivity contribution in [3.63, 3.8) is 0 Å². The summed E-state index contributed by atoms with van der Waals surface area (Å²) in [5, 5.41) is 37.3. The van der Waals surface area contributed by atoms with Crippen LogP contribution < -0.4 is 0 Å². The van der Waals surface area contributed by atoms with Gasteiger partial charge in [-0.05, 0) is 12.8 Å². The second-order valence-corrected chi connectivity index (χ2v) is 3.51. The van der Waals surface area contributed by atoms with Gasteiger partial charge in [0.2, 0.25) is 0 Å². The molecule has 0 amide bonds. The standard InChI is InChI=1S/C8H16O4/c1-2-8(11,12)7(10)4-3-6(7)5-9/h6,9-12H,2-5H2,1H3.